The normalized spacial score (nSPS) is 11.6. The molecule has 2 nitrogen and oxygen atoms in total. The van der Waals surface area contributed by atoms with Gasteiger partial charge in [-0.05, 0) is 18.2 Å². The van der Waals surface area contributed by atoms with Gasteiger partial charge in [-0.15, -0.1) is 0 Å². The van der Waals surface area contributed by atoms with E-state index < -0.39 is 0 Å². The topological polar surface area (TPSA) is 26.0 Å². The zero-order chi connectivity index (χ0) is 12.1. The lowest BCUT2D eigenvalue weighted by atomic mass is 10.1. The molecular weight excluding hydrogens is 246 g/mol. The van der Waals surface area contributed by atoms with Crippen molar-refractivity contribution in [1.29, 1.82) is 0 Å². The molecule has 0 aliphatic carbocycles. The van der Waals surface area contributed by atoms with Gasteiger partial charge in [-0.1, -0.05) is 35.9 Å². The molecule has 0 N–H and O–H groups in total. The molecule has 3 heteroatoms. The van der Waals surface area contributed by atoms with Crippen LogP contribution in [-0.4, -0.2) is 4.98 Å². The third-order valence-corrected chi connectivity index (χ3v) is 3.49. The lowest BCUT2D eigenvalue weighted by molar-refractivity contribution is 0.672. The van der Waals surface area contributed by atoms with Gasteiger partial charge in [-0.2, -0.15) is 0 Å². The molecule has 0 amide bonds. The number of benzene rings is 2. The summed E-state index contributed by atoms with van der Waals surface area (Å²) in [6, 6.07) is 13.7. The Balaban J connectivity index is 2.32. The standard InChI is InChI=1S/C15H8ClNO/c16-12-6-3-5-10-14(12)17-8-11-9-4-1-2-7-13(9)18-15(10)11/h1-8H. The maximum atomic E-state index is 6.15. The molecule has 0 unspecified atom stereocenters. The first-order valence-corrected chi connectivity index (χ1v) is 6.07. The van der Waals surface area contributed by atoms with Crippen LogP contribution in [0, 0.1) is 0 Å². The second kappa shape index (κ2) is 3.47. The van der Waals surface area contributed by atoms with Crippen LogP contribution in [-0.2, 0) is 0 Å². The van der Waals surface area contributed by atoms with Crippen molar-refractivity contribution in [2.24, 2.45) is 0 Å². The van der Waals surface area contributed by atoms with E-state index >= 15 is 0 Å². The molecule has 0 fully saturated rings. The van der Waals surface area contributed by atoms with Crippen molar-refractivity contribution in [3.63, 3.8) is 0 Å². The molecule has 2 aromatic heterocycles. The minimum absolute atomic E-state index is 0.648. The predicted octanol–water partition coefficient (Wildman–Crippen LogP) is 4.79. The zero-order valence-electron chi connectivity index (χ0n) is 9.35. The summed E-state index contributed by atoms with van der Waals surface area (Å²) >= 11 is 6.15. The van der Waals surface area contributed by atoms with E-state index in [1.165, 1.54) is 0 Å². The summed E-state index contributed by atoms with van der Waals surface area (Å²) in [7, 11) is 0. The molecule has 0 atom stereocenters. The van der Waals surface area contributed by atoms with Gasteiger partial charge in [0.25, 0.3) is 0 Å². The lowest BCUT2D eigenvalue weighted by Crippen LogP contribution is -1.80. The highest BCUT2D eigenvalue weighted by atomic mass is 35.5. The Morgan fingerprint density at radius 2 is 1.72 bits per heavy atom. The Morgan fingerprint density at radius 3 is 2.67 bits per heavy atom. The first-order chi connectivity index (χ1) is 8.84. The minimum Gasteiger partial charge on any atom is -0.455 e. The molecule has 0 bridgehead atoms. The van der Waals surface area contributed by atoms with Gasteiger partial charge < -0.3 is 4.42 Å². The lowest BCUT2D eigenvalue weighted by Gasteiger charge is -1.99. The van der Waals surface area contributed by atoms with Crippen LogP contribution in [0.1, 0.15) is 0 Å². The SMILES string of the molecule is Clc1cccc2c1ncc1c3ccccc3oc21. The van der Waals surface area contributed by atoms with E-state index in [9.17, 15) is 0 Å². The Bertz CT molecular complexity index is 895. The highest BCUT2D eigenvalue weighted by Gasteiger charge is 2.11. The van der Waals surface area contributed by atoms with Crippen LogP contribution in [0.2, 0.25) is 5.02 Å². The number of rotatable bonds is 0. The predicted molar refractivity (Wildman–Crippen MR) is 74.0 cm³/mol. The number of hydrogen-bond donors (Lipinski definition) is 0. The zero-order valence-corrected chi connectivity index (χ0v) is 10.1. The number of aromatic nitrogens is 1. The van der Waals surface area contributed by atoms with Crippen molar-refractivity contribution in [3.05, 3.63) is 53.7 Å². The maximum absolute atomic E-state index is 6.15. The number of nitrogens with zero attached hydrogens (tertiary/aromatic N) is 1. The van der Waals surface area contributed by atoms with Gasteiger partial charge in [0, 0.05) is 22.4 Å². The molecule has 0 aliphatic heterocycles. The van der Waals surface area contributed by atoms with E-state index in [4.69, 9.17) is 16.0 Å². The van der Waals surface area contributed by atoms with Crippen LogP contribution in [0.25, 0.3) is 32.8 Å². The number of pyridine rings is 1. The molecule has 4 aromatic rings. The van der Waals surface area contributed by atoms with Crippen molar-refractivity contribution in [1.82, 2.24) is 4.98 Å². The summed E-state index contributed by atoms with van der Waals surface area (Å²) in [5.74, 6) is 0. The third kappa shape index (κ3) is 1.21. The Kier molecular flexibility index (Phi) is 1.91. The first kappa shape index (κ1) is 9.92. The molecule has 0 aliphatic rings. The molecule has 2 aromatic carbocycles. The van der Waals surface area contributed by atoms with Crippen LogP contribution in [0.15, 0.2) is 53.1 Å². The van der Waals surface area contributed by atoms with E-state index in [0.29, 0.717) is 5.02 Å². The largest absolute Gasteiger partial charge is 0.455 e. The second-order valence-electron chi connectivity index (χ2n) is 4.24. The van der Waals surface area contributed by atoms with Gasteiger partial charge in [-0.3, -0.25) is 4.98 Å². The Morgan fingerprint density at radius 1 is 0.889 bits per heavy atom. The summed E-state index contributed by atoms with van der Waals surface area (Å²) in [6.45, 7) is 0. The van der Waals surface area contributed by atoms with E-state index in [0.717, 1.165) is 32.8 Å². The second-order valence-corrected chi connectivity index (χ2v) is 4.64. The van der Waals surface area contributed by atoms with Crippen LogP contribution in [0.3, 0.4) is 0 Å². The fourth-order valence-electron chi connectivity index (χ4n) is 2.35. The summed E-state index contributed by atoms with van der Waals surface area (Å²) in [5.41, 5.74) is 2.51. The highest BCUT2D eigenvalue weighted by Crippen LogP contribution is 2.34. The van der Waals surface area contributed by atoms with Crippen LogP contribution in [0.5, 0.6) is 0 Å². The van der Waals surface area contributed by atoms with Crippen molar-refractivity contribution in [2.45, 2.75) is 0 Å². The molecule has 0 saturated heterocycles. The molecule has 0 saturated carbocycles. The Hall–Kier alpha value is -2.06. The van der Waals surface area contributed by atoms with Crippen molar-refractivity contribution in [3.8, 4) is 0 Å². The van der Waals surface area contributed by atoms with E-state index in [2.05, 4.69) is 4.98 Å². The average Bonchev–Trinajstić information content (AvgIpc) is 2.78. The molecular formula is C15H8ClNO. The van der Waals surface area contributed by atoms with Gasteiger partial charge in [-0.25, -0.2) is 0 Å². The molecule has 86 valence electrons. The van der Waals surface area contributed by atoms with Crippen LogP contribution >= 0.6 is 11.6 Å². The summed E-state index contributed by atoms with van der Waals surface area (Å²) in [6.07, 6.45) is 1.83. The Labute approximate surface area is 108 Å². The fourth-order valence-corrected chi connectivity index (χ4v) is 2.58. The van der Waals surface area contributed by atoms with Gasteiger partial charge >= 0.3 is 0 Å². The smallest absolute Gasteiger partial charge is 0.146 e. The summed E-state index contributed by atoms with van der Waals surface area (Å²) in [5, 5.41) is 3.72. The van der Waals surface area contributed by atoms with Crippen LogP contribution < -0.4 is 0 Å². The van der Waals surface area contributed by atoms with E-state index in [1.807, 2.05) is 48.7 Å². The quantitative estimate of drug-likeness (QED) is 0.450. The molecule has 2 heterocycles. The monoisotopic (exact) mass is 253 g/mol. The van der Waals surface area contributed by atoms with Crippen molar-refractivity contribution >= 4 is 44.4 Å². The van der Waals surface area contributed by atoms with Gasteiger partial charge in [0.15, 0.2) is 0 Å². The van der Waals surface area contributed by atoms with E-state index in [-0.39, 0.29) is 0 Å². The summed E-state index contributed by atoms with van der Waals surface area (Å²) < 4.78 is 5.92. The number of para-hydroxylation sites is 2. The number of hydrogen-bond acceptors (Lipinski definition) is 2. The maximum Gasteiger partial charge on any atom is 0.146 e. The highest BCUT2D eigenvalue weighted by molar-refractivity contribution is 6.36. The molecule has 0 radical (unpaired) electrons. The van der Waals surface area contributed by atoms with E-state index in [1.54, 1.807) is 0 Å². The van der Waals surface area contributed by atoms with Gasteiger partial charge in [0.2, 0.25) is 0 Å². The average molecular weight is 254 g/mol. The molecule has 18 heavy (non-hydrogen) atoms. The van der Waals surface area contributed by atoms with Gasteiger partial charge in [0.05, 0.1) is 10.5 Å². The fraction of sp³-hybridized carbons (Fsp3) is 0. The van der Waals surface area contributed by atoms with Crippen LogP contribution in [0.4, 0.5) is 0 Å². The first-order valence-electron chi connectivity index (χ1n) is 5.69. The number of fused-ring (bicyclic) bond motifs is 5. The number of furan rings is 1. The van der Waals surface area contributed by atoms with Crippen molar-refractivity contribution < 1.29 is 4.42 Å². The number of halogens is 1. The molecule has 4 rings (SSSR count). The summed E-state index contributed by atoms with van der Waals surface area (Å²) in [4.78, 5) is 4.44. The third-order valence-electron chi connectivity index (χ3n) is 3.19. The van der Waals surface area contributed by atoms with Crippen molar-refractivity contribution in [2.75, 3.05) is 0 Å². The molecule has 0 spiro atoms. The van der Waals surface area contributed by atoms with Gasteiger partial charge in [0.1, 0.15) is 11.2 Å². The minimum atomic E-state index is 0.648.